The van der Waals surface area contributed by atoms with E-state index in [4.69, 9.17) is 11.6 Å². The minimum atomic E-state index is -0.634. The molecule has 3 rings (SSSR count). The summed E-state index contributed by atoms with van der Waals surface area (Å²) in [7, 11) is 1.68. The fourth-order valence-corrected chi connectivity index (χ4v) is 2.83. The Morgan fingerprint density at radius 2 is 2.00 bits per heavy atom. The van der Waals surface area contributed by atoms with E-state index in [0.29, 0.717) is 21.8 Å². The average Bonchev–Trinajstić information content (AvgIpc) is 2.66. The van der Waals surface area contributed by atoms with Crippen molar-refractivity contribution in [1.82, 2.24) is 9.88 Å². The summed E-state index contributed by atoms with van der Waals surface area (Å²) >= 11 is 6.15. The Morgan fingerprint density at radius 3 is 2.80 bits per heavy atom. The fraction of sp³-hybridized carbons (Fsp3) is 0.158. The standard InChI is InChI=1S/C19H17ClFN3O/c1-24(12-23-17-8-4-6-13(9-21)18(17)20)19(25)16-11-22-10-14-5-2-3-7-15(14)16/h2-8,10-11,23H,9,12H2,1H3. The second-order valence-corrected chi connectivity index (χ2v) is 6.04. The molecule has 0 bridgehead atoms. The van der Waals surface area contributed by atoms with Crippen molar-refractivity contribution in [3.63, 3.8) is 0 Å². The molecule has 6 heteroatoms. The highest BCUT2D eigenvalue weighted by Crippen LogP contribution is 2.26. The molecule has 0 spiro atoms. The normalized spacial score (nSPS) is 10.7. The molecule has 1 aromatic heterocycles. The van der Waals surface area contributed by atoms with Crippen LogP contribution in [0.3, 0.4) is 0 Å². The molecule has 0 fully saturated rings. The van der Waals surface area contributed by atoms with E-state index in [1.807, 2.05) is 24.3 Å². The number of hydrogen-bond donors (Lipinski definition) is 1. The first-order valence-electron chi connectivity index (χ1n) is 7.77. The van der Waals surface area contributed by atoms with Crippen LogP contribution in [0.2, 0.25) is 5.02 Å². The molecule has 0 aliphatic heterocycles. The van der Waals surface area contributed by atoms with Gasteiger partial charge in [-0.15, -0.1) is 0 Å². The average molecular weight is 358 g/mol. The first-order valence-corrected chi connectivity index (χ1v) is 8.15. The van der Waals surface area contributed by atoms with Gasteiger partial charge in [0.1, 0.15) is 6.67 Å². The largest absolute Gasteiger partial charge is 0.366 e. The number of rotatable bonds is 5. The lowest BCUT2D eigenvalue weighted by molar-refractivity contribution is 0.0806. The Kier molecular flexibility index (Phi) is 5.14. The molecule has 1 N–H and O–H groups in total. The predicted octanol–water partition coefficient (Wildman–Crippen LogP) is 4.50. The van der Waals surface area contributed by atoms with Crippen LogP contribution in [-0.4, -0.2) is 29.5 Å². The predicted molar refractivity (Wildman–Crippen MR) is 98.6 cm³/mol. The van der Waals surface area contributed by atoms with Crippen molar-refractivity contribution < 1.29 is 9.18 Å². The second kappa shape index (κ2) is 7.49. The van der Waals surface area contributed by atoms with Crippen molar-refractivity contribution in [2.75, 3.05) is 19.0 Å². The van der Waals surface area contributed by atoms with Gasteiger partial charge in [0.25, 0.3) is 5.91 Å². The Labute approximate surface area is 150 Å². The van der Waals surface area contributed by atoms with Crippen LogP contribution in [0.4, 0.5) is 10.1 Å². The minimum Gasteiger partial charge on any atom is -0.366 e. The van der Waals surface area contributed by atoms with Gasteiger partial charge in [-0.2, -0.15) is 0 Å². The first-order chi connectivity index (χ1) is 12.1. The van der Waals surface area contributed by atoms with Crippen LogP contribution in [-0.2, 0) is 6.67 Å². The van der Waals surface area contributed by atoms with Crippen LogP contribution in [0.25, 0.3) is 10.8 Å². The molecule has 2 aromatic carbocycles. The number of fused-ring (bicyclic) bond motifs is 1. The number of nitrogens with one attached hydrogen (secondary N) is 1. The minimum absolute atomic E-state index is 0.158. The van der Waals surface area contributed by atoms with Crippen LogP contribution >= 0.6 is 11.6 Å². The number of nitrogens with zero attached hydrogens (tertiary/aromatic N) is 2. The quantitative estimate of drug-likeness (QED) is 0.684. The number of carbonyl (C=O) groups excluding carboxylic acids is 1. The van der Waals surface area contributed by atoms with Crippen LogP contribution in [0.5, 0.6) is 0 Å². The van der Waals surface area contributed by atoms with Crippen molar-refractivity contribution in [2.45, 2.75) is 6.67 Å². The zero-order chi connectivity index (χ0) is 17.8. The molecular weight excluding hydrogens is 341 g/mol. The van der Waals surface area contributed by atoms with E-state index in [1.165, 1.54) is 4.90 Å². The molecule has 3 aromatic rings. The molecule has 128 valence electrons. The zero-order valence-corrected chi connectivity index (χ0v) is 14.4. The number of carbonyl (C=O) groups is 1. The molecule has 4 nitrogen and oxygen atoms in total. The van der Waals surface area contributed by atoms with Crippen LogP contribution < -0.4 is 5.32 Å². The highest BCUT2D eigenvalue weighted by atomic mass is 35.5. The molecule has 1 heterocycles. The summed E-state index contributed by atoms with van der Waals surface area (Å²) in [6, 6.07) is 12.7. The summed E-state index contributed by atoms with van der Waals surface area (Å²) in [5.74, 6) is -0.158. The molecule has 0 unspecified atom stereocenters. The van der Waals surface area contributed by atoms with Crippen molar-refractivity contribution in [1.29, 1.82) is 0 Å². The zero-order valence-electron chi connectivity index (χ0n) is 13.7. The molecule has 0 radical (unpaired) electrons. The maximum absolute atomic E-state index is 12.9. The summed E-state index contributed by atoms with van der Waals surface area (Å²) in [5.41, 5.74) is 1.54. The first kappa shape index (κ1) is 17.2. The lowest BCUT2D eigenvalue weighted by Gasteiger charge is -2.20. The topological polar surface area (TPSA) is 45.2 Å². The molecule has 0 aliphatic carbocycles. The molecule has 1 amide bonds. The smallest absolute Gasteiger partial charge is 0.257 e. The molecule has 0 saturated heterocycles. The van der Waals surface area contributed by atoms with Gasteiger partial charge in [-0.1, -0.05) is 48.0 Å². The van der Waals surface area contributed by atoms with Crippen molar-refractivity contribution in [3.8, 4) is 0 Å². The van der Waals surface area contributed by atoms with Crippen LogP contribution in [0.15, 0.2) is 54.9 Å². The molecule has 25 heavy (non-hydrogen) atoms. The SMILES string of the molecule is CN(CNc1cccc(CF)c1Cl)C(=O)c1cncc2ccccc12. The molecule has 0 aliphatic rings. The lowest BCUT2D eigenvalue weighted by Crippen LogP contribution is -2.32. The van der Waals surface area contributed by atoms with E-state index >= 15 is 0 Å². The molecular formula is C19H17ClFN3O. The lowest BCUT2D eigenvalue weighted by atomic mass is 10.1. The Morgan fingerprint density at radius 1 is 1.20 bits per heavy atom. The third kappa shape index (κ3) is 3.56. The van der Waals surface area contributed by atoms with Gasteiger partial charge in [-0.25, -0.2) is 4.39 Å². The number of aromatic nitrogens is 1. The number of amides is 1. The van der Waals surface area contributed by atoms with Crippen LogP contribution in [0.1, 0.15) is 15.9 Å². The monoisotopic (exact) mass is 357 g/mol. The summed E-state index contributed by atoms with van der Waals surface area (Å²) in [5, 5.41) is 5.17. The van der Waals surface area contributed by atoms with Gasteiger partial charge in [0.05, 0.1) is 22.9 Å². The summed E-state index contributed by atoms with van der Waals surface area (Å²) in [4.78, 5) is 18.4. The number of alkyl halides is 1. The van der Waals surface area contributed by atoms with E-state index in [-0.39, 0.29) is 12.6 Å². The van der Waals surface area contributed by atoms with E-state index in [2.05, 4.69) is 10.3 Å². The maximum atomic E-state index is 12.9. The number of hydrogen-bond acceptors (Lipinski definition) is 3. The number of anilines is 1. The van der Waals surface area contributed by atoms with Crippen molar-refractivity contribution >= 4 is 34.0 Å². The molecule has 0 saturated carbocycles. The third-order valence-electron chi connectivity index (χ3n) is 3.97. The summed E-state index contributed by atoms with van der Waals surface area (Å²) in [6.07, 6.45) is 3.30. The van der Waals surface area contributed by atoms with Gasteiger partial charge < -0.3 is 10.2 Å². The number of halogens is 2. The maximum Gasteiger partial charge on any atom is 0.257 e. The number of benzene rings is 2. The van der Waals surface area contributed by atoms with Gasteiger partial charge >= 0.3 is 0 Å². The summed E-state index contributed by atoms with van der Waals surface area (Å²) < 4.78 is 12.9. The Hall–Kier alpha value is -2.66. The second-order valence-electron chi connectivity index (χ2n) is 5.66. The van der Waals surface area contributed by atoms with Crippen LogP contribution in [0, 0.1) is 0 Å². The van der Waals surface area contributed by atoms with Gasteiger partial charge in [0.2, 0.25) is 0 Å². The van der Waals surface area contributed by atoms with Crippen molar-refractivity contribution in [3.05, 3.63) is 71.0 Å². The number of pyridine rings is 1. The Bertz CT molecular complexity index is 911. The Balaban J connectivity index is 1.77. The third-order valence-corrected chi connectivity index (χ3v) is 4.42. The van der Waals surface area contributed by atoms with Crippen molar-refractivity contribution in [2.24, 2.45) is 0 Å². The molecule has 0 atom stereocenters. The van der Waals surface area contributed by atoms with Gasteiger partial charge in [0.15, 0.2) is 0 Å². The van der Waals surface area contributed by atoms with Gasteiger partial charge in [0, 0.05) is 30.4 Å². The van der Waals surface area contributed by atoms with E-state index < -0.39 is 6.67 Å². The van der Waals surface area contributed by atoms with Gasteiger partial charge in [-0.3, -0.25) is 9.78 Å². The fourth-order valence-electron chi connectivity index (χ4n) is 2.59. The van der Waals surface area contributed by atoms with E-state index in [9.17, 15) is 9.18 Å². The highest BCUT2D eigenvalue weighted by molar-refractivity contribution is 6.34. The summed E-state index contributed by atoms with van der Waals surface area (Å²) in [6.45, 7) is -0.400. The van der Waals surface area contributed by atoms with E-state index in [0.717, 1.165) is 10.8 Å². The highest BCUT2D eigenvalue weighted by Gasteiger charge is 2.15. The van der Waals surface area contributed by atoms with Gasteiger partial charge in [-0.05, 0) is 11.5 Å². The van der Waals surface area contributed by atoms with E-state index in [1.54, 1.807) is 37.6 Å².